The summed E-state index contributed by atoms with van der Waals surface area (Å²) in [5.74, 6) is -0.00834. The summed E-state index contributed by atoms with van der Waals surface area (Å²) < 4.78 is 6.79. The first-order chi connectivity index (χ1) is 12.7. The molecular weight excluding hydrogens is 332 g/mol. The zero-order valence-electron chi connectivity index (χ0n) is 14.9. The Morgan fingerprint density at radius 1 is 1.27 bits per heavy atom. The molecule has 0 unspecified atom stereocenters. The molecule has 0 radical (unpaired) electrons. The van der Waals surface area contributed by atoms with Crippen molar-refractivity contribution in [2.75, 3.05) is 33.4 Å². The molecule has 0 aliphatic carbocycles. The lowest BCUT2D eigenvalue weighted by molar-refractivity contribution is -0.126. The molecule has 3 heterocycles. The fourth-order valence-corrected chi connectivity index (χ4v) is 3.20. The molecule has 0 atom stereocenters. The summed E-state index contributed by atoms with van der Waals surface area (Å²) in [6.07, 6.45) is 6.65. The molecule has 0 bridgehead atoms. The summed E-state index contributed by atoms with van der Waals surface area (Å²) in [7, 11) is 1.61. The number of rotatable bonds is 6. The molecule has 1 fully saturated rings. The van der Waals surface area contributed by atoms with Crippen LogP contribution in [0, 0.1) is 5.92 Å². The first-order valence-corrected chi connectivity index (χ1v) is 8.84. The molecule has 7 heteroatoms. The van der Waals surface area contributed by atoms with E-state index in [1.54, 1.807) is 19.5 Å². The minimum atomic E-state index is -0.0407. The van der Waals surface area contributed by atoms with Gasteiger partial charge in [0.05, 0.1) is 18.5 Å². The van der Waals surface area contributed by atoms with Crippen LogP contribution in [-0.2, 0) is 9.53 Å². The highest BCUT2D eigenvalue weighted by molar-refractivity contribution is 5.93. The predicted molar refractivity (Wildman–Crippen MR) is 97.1 cm³/mol. The molecule has 1 aliphatic rings. The minimum absolute atomic E-state index is 0.0166. The van der Waals surface area contributed by atoms with Gasteiger partial charge in [0.2, 0.25) is 5.91 Å². The van der Waals surface area contributed by atoms with Crippen molar-refractivity contribution in [3.8, 4) is 5.69 Å². The molecule has 26 heavy (non-hydrogen) atoms. The number of methoxy groups -OCH3 is 1. The van der Waals surface area contributed by atoms with Crippen LogP contribution < -0.4 is 5.32 Å². The van der Waals surface area contributed by atoms with Gasteiger partial charge < -0.3 is 19.5 Å². The Morgan fingerprint density at radius 2 is 2.08 bits per heavy atom. The van der Waals surface area contributed by atoms with Crippen molar-refractivity contribution in [1.29, 1.82) is 0 Å². The van der Waals surface area contributed by atoms with Crippen LogP contribution in [0.25, 0.3) is 5.69 Å². The van der Waals surface area contributed by atoms with E-state index in [2.05, 4.69) is 10.3 Å². The smallest absolute Gasteiger partial charge is 0.270 e. The molecule has 0 spiro atoms. The van der Waals surface area contributed by atoms with E-state index in [0.29, 0.717) is 44.8 Å². The first kappa shape index (κ1) is 18.1. The lowest BCUT2D eigenvalue weighted by Crippen LogP contribution is -2.43. The van der Waals surface area contributed by atoms with Gasteiger partial charge in [0, 0.05) is 45.1 Å². The van der Waals surface area contributed by atoms with Gasteiger partial charge in [-0.2, -0.15) is 0 Å². The molecule has 2 aromatic rings. The Bertz CT molecular complexity index is 736. The highest BCUT2D eigenvalue weighted by atomic mass is 16.5. The SMILES string of the molecule is COCCNC(=O)C1CCN(C(=O)c2cccn2-c2cccnc2)CC1. The standard InChI is InChI=1S/C19H24N4O3/c1-26-13-9-21-18(24)15-6-11-22(12-7-15)19(25)17-5-3-10-23(17)16-4-2-8-20-14-16/h2-5,8,10,14-15H,6-7,9,11-13H2,1H3,(H,21,24). The van der Waals surface area contributed by atoms with Crippen LogP contribution >= 0.6 is 0 Å². The maximum Gasteiger partial charge on any atom is 0.270 e. The van der Waals surface area contributed by atoms with Crippen molar-refractivity contribution in [3.05, 3.63) is 48.5 Å². The van der Waals surface area contributed by atoms with Gasteiger partial charge in [0.25, 0.3) is 5.91 Å². The predicted octanol–water partition coefficient (Wildman–Crippen LogP) is 1.49. The van der Waals surface area contributed by atoms with Crippen molar-refractivity contribution in [1.82, 2.24) is 19.8 Å². The van der Waals surface area contributed by atoms with E-state index in [-0.39, 0.29) is 17.7 Å². The van der Waals surface area contributed by atoms with Crippen LogP contribution in [-0.4, -0.2) is 59.6 Å². The number of carbonyl (C=O) groups excluding carboxylic acids is 2. The van der Waals surface area contributed by atoms with E-state index >= 15 is 0 Å². The quantitative estimate of drug-likeness (QED) is 0.796. The number of nitrogens with one attached hydrogen (secondary N) is 1. The Hall–Kier alpha value is -2.67. The number of likely N-dealkylation sites (tertiary alicyclic amines) is 1. The lowest BCUT2D eigenvalue weighted by atomic mass is 9.95. The third-order valence-electron chi connectivity index (χ3n) is 4.65. The van der Waals surface area contributed by atoms with E-state index in [1.807, 2.05) is 39.9 Å². The van der Waals surface area contributed by atoms with Gasteiger partial charge in [-0.15, -0.1) is 0 Å². The van der Waals surface area contributed by atoms with Gasteiger partial charge in [-0.3, -0.25) is 14.6 Å². The van der Waals surface area contributed by atoms with E-state index in [9.17, 15) is 9.59 Å². The summed E-state index contributed by atoms with van der Waals surface area (Å²) in [6, 6.07) is 7.44. The Kier molecular flexibility index (Phi) is 6.01. The number of nitrogens with zero attached hydrogens (tertiary/aromatic N) is 3. The van der Waals surface area contributed by atoms with Gasteiger partial charge in [-0.05, 0) is 37.1 Å². The Balaban J connectivity index is 1.60. The number of carbonyl (C=O) groups is 2. The second-order valence-corrected chi connectivity index (χ2v) is 6.32. The Labute approximate surface area is 153 Å². The Morgan fingerprint density at radius 3 is 2.77 bits per heavy atom. The van der Waals surface area contributed by atoms with Crippen molar-refractivity contribution in [2.45, 2.75) is 12.8 Å². The van der Waals surface area contributed by atoms with Gasteiger partial charge in [-0.25, -0.2) is 0 Å². The summed E-state index contributed by atoms with van der Waals surface area (Å²) in [4.78, 5) is 31.0. The third kappa shape index (κ3) is 4.11. The molecule has 0 saturated carbocycles. The largest absolute Gasteiger partial charge is 0.383 e. The number of hydrogen-bond donors (Lipinski definition) is 1. The molecule has 3 rings (SSSR count). The van der Waals surface area contributed by atoms with Crippen molar-refractivity contribution >= 4 is 11.8 Å². The molecular formula is C19H24N4O3. The monoisotopic (exact) mass is 356 g/mol. The number of hydrogen-bond acceptors (Lipinski definition) is 4. The van der Waals surface area contributed by atoms with Gasteiger partial charge in [0.15, 0.2) is 0 Å². The molecule has 138 valence electrons. The number of ether oxygens (including phenoxy) is 1. The fourth-order valence-electron chi connectivity index (χ4n) is 3.20. The minimum Gasteiger partial charge on any atom is -0.383 e. The zero-order valence-corrected chi connectivity index (χ0v) is 14.9. The molecule has 1 aliphatic heterocycles. The van der Waals surface area contributed by atoms with Crippen LogP contribution in [0.15, 0.2) is 42.9 Å². The average molecular weight is 356 g/mol. The average Bonchev–Trinajstić information content (AvgIpc) is 3.18. The molecule has 0 aromatic carbocycles. The first-order valence-electron chi connectivity index (χ1n) is 8.84. The highest BCUT2D eigenvalue weighted by Crippen LogP contribution is 2.20. The maximum atomic E-state index is 12.9. The molecule has 7 nitrogen and oxygen atoms in total. The second-order valence-electron chi connectivity index (χ2n) is 6.32. The second kappa shape index (κ2) is 8.62. The summed E-state index contributed by atoms with van der Waals surface area (Å²) >= 11 is 0. The van der Waals surface area contributed by atoms with Crippen LogP contribution in [0.4, 0.5) is 0 Å². The van der Waals surface area contributed by atoms with Crippen LogP contribution in [0.5, 0.6) is 0 Å². The van der Waals surface area contributed by atoms with Gasteiger partial charge in [0.1, 0.15) is 5.69 Å². The van der Waals surface area contributed by atoms with E-state index in [1.165, 1.54) is 0 Å². The molecule has 2 aromatic heterocycles. The number of aromatic nitrogens is 2. The van der Waals surface area contributed by atoms with Crippen molar-refractivity contribution in [3.63, 3.8) is 0 Å². The van der Waals surface area contributed by atoms with Crippen LogP contribution in [0.2, 0.25) is 0 Å². The summed E-state index contributed by atoms with van der Waals surface area (Å²) in [6.45, 7) is 2.19. The highest BCUT2D eigenvalue weighted by Gasteiger charge is 2.28. The topological polar surface area (TPSA) is 76.5 Å². The molecule has 1 saturated heterocycles. The summed E-state index contributed by atoms with van der Waals surface area (Å²) in [5.41, 5.74) is 1.47. The fraction of sp³-hybridized carbons (Fsp3) is 0.421. The lowest BCUT2D eigenvalue weighted by Gasteiger charge is -2.31. The summed E-state index contributed by atoms with van der Waals surface area (Å²) in [5, 5.41) is 2.88. The van der Waals surface area contributed by atoms with E-state index in [0.717, 1.165) is 5.69 Å². The van der Waals surface area contributed by atoms with E-state index < -0.39 is 0 Å². The number of pyridine rings is 1. The van der Waals surface area contributed by atoms with E-state index in [4.69, 9.17) is 4.74 Å². The molecule has 1 N–H and O–H groups in total. The number of piperidine rings is 1. The van der Waals surface area contributed by atoms with Gasteiger partial charge >= 0.3 is 0 Å². The third-order valence-corrected chi connectivity index (χ3v) is 4.65. The maximum absolute atomic E-state index is 12.9. The normalized spacial score (nSPS) is 15.0. The van der Waals surface area contributed by atoms with Crippen LogP contribution in [0.3, 0.4) is 0 Å². The van der Waals surface area contributed by atoms with Crippen LogP contribution in [0.1, 0.15) is 23.3 Å². The zero-order chi connectivity index (χ0) is 18.4. The van der Waals surface area contributed by atoms with Crippen molar-refractivity contribution in [2.24, 2.45) is 5.92 Å². The van der Waals surface area contributed by atoms with Crippen molar-refractivity contribution < 1.29 is 14.3 Å². The van der Waals surface area contributed by atoms with Gasteiger partial charge in [-0.1, -0.05) is 0 Å². The number of amides is 2. The molecule has 2 amide bonds.